The van der Waals surface area contributed by atoms with Crippen molar-refractivity contribution in [3.05, 3.63) is 23.9 Å². The van der Waals surface area contributed by atoms with E-state index in [4.69, 9.17) is 0 Å². The molecular weight excluding hydrogens is 228 g/mol. The molecule has 1 aliphatic rings. The summed E-state index contributed by atoms with van der Waals surface area (Å²) < 4.78 is 0. The van der Waals surface area contributed by atoms with Crippen LogP contribution in [-0.2, 0) is 0 Å². The van der Waals surface area contributed by atoms with Gasteiger partial charge in [0.1, 0.15) is 0 Å². The second-order valence-corrected chi connectivity index (χ2v) is 5.51. The number of unbranched alkanes of at least 4 members (excludes halogenated alkanes) is 1. The Balaban J connectivity index is 2.03. The number of hydrogen-bond donors (Lipinski definition) is 0. The first-order valence-corrected chi connectivity index (χ1v) is 7.81. The SMILES string of the molecule is CCCCN1CCCC1c1ccc(SC)nc1. The van der Waals surface area contributed by atoms with Crippen LogP contribution < -0.4 is 0 Å². The van der Waals surface area contributed by atoms with Crippen LogP contribution in [0.15, 0.2) is 23.4 Å². The molecule has 1 atom stereocenters. The maximum atomic E-state index is 4.49. The van der Waals surface area contributed by atoms with E-state index in [2.05, 4.69) is 41.4 Å². The molecule has 1 aliphatic heterocycles. The van der Waals surface area contributed by atoms with Crippen molar-refractivity contribution in [2.75, 3.05) is 19.3 Å². The standard InChI is InChI=1S/C14H22N2S/c1-3-4-9-16-10-5-6-13(16)12-7-8-14(17-2)15-11-12/h7-8,11,13H,3-6,9-10H2,1-2H3. The monoisotopic (exact) mass is 250 g/mol. The molecule has 0 N–H and O–H groups in total. The number of rotatable bonds is 5. The minimum absolute atomic E-state index is 0.616. The third-order valence-corrected chi connectivity index (χ3v) is 4.18. The minimum atomic E-state index is 0.616. The predicted octanol–water partition coefficient (Wildman–Crippen LogP) is 3.74. The Morgan fingerprint density at radius 2 is 2.35 bits per heavy atom. The Morgan fingerprint density at radius 1 is 1.47 bits per heavy atom. The van der Waals surface area contributed by atoms with Crippen LogP contribution in [0.25, 0.3) is 0 Å². The Morgan fingerprint density at radius 3 is 3.00 bits per heavy atom. The summed E-state index contributed by atoms with van der Waals surface area (Å²) in [5.74, 6) is 0. The van der Waals surface area contributed by atoms with Crippen LogP contribution in [0.1, 0.15) is 44.2 Å². The van der Waals surface area contributed by atoms with E-state index >= 15 is 0 Å². The van der Waals surface area contributed by atoms with Crippen molar-refractivity contribution in [2.45, 2.75) is 43.7 Å². The molecule has 1 aromatic rings. The fourth-order valence-electron chi connectivity index (χ4n) is 2.54. The summed E-state index contributed by atoms with van der Waals surface area (Å²) in [5, 5.41) is 1.12. The van der Waals surface area contributed by atoms with Gasteiger partial charge in [-0.05, 0) is 50.2 Å². The maximum Gasteiger partial charge on any atom is 0.0957 e. The third kappa shape index (κ3) is 3.23. The fourth-order valence-corrected chi connectivity index (χ4v) is 2.90. The highest BCUT2D eigenvalue weighted by Crippen LogP contribution is 2.32. The van der Waals surface area contributed by atoms with Crippen LogP contribution in [0.4, 0.5) is 0 Å². The van der Waals surface area contributed by atoms with E-state index in [1.807, 2.05) is 0 Å². The molecule has 94 valence electrons. The highest BCUT2D eigenvalue weighted by Gasteiger charge is 2.25. The minimum Gasteiger partial charge on any atom is -0.296 e. The summed E-state index contributed by atoms with van der Waals surface area (Å²) in [4.78, 5) is 7.12. The molecule has 0 spiro atoms. The first kappa shape index (κ1) is 12.9. The van der Waals surface area contributed by atoms with Crippen molar-refractivity contribution in [2.24, 2.45) is 0 Å². The van der Waals surface area contributed by atoms with Gasteiger partial charge in [0.25, 0.3) is 0 Å². The van der Waals surface area contributed by atoms with Gasteiger partial charge in [0.2, 0.25) is 0 Å². The summed E-state index contributed by atoms with van der Waals surface area (Å²) in [5.41, 5.74) is 1.40. The normalized spacial score (nSPS) is 20.9. The van der Waals surface area contributed by atoms with Gasteiger partial charge in [-0.25, -0.2) is 4.98 Å². The van der Waals surface area contributed by atoms with Gasteiger partial charge in [-0.2, -0.15) is 0 Å². The average molecular weight is 250 g/mol. The topological polar surface area (TPSA) is 16.1 Å². The Hall–Kier alpha value is -0.540. The van der Waals surface area contributed by atoms with Gasteiger partial charge in [-0.1, -0.05) is 19.4 Å². The van der Waals surface area contributed by atoms with E-state index in [0.29, 0.717) is 6.04 Å². The molecule has 1 fully saturated rings. The van der Waals surface area contributed by atoms with Crippen molar-refractivity contribution >= 4 is 11.8 Å². The lowest BCUT2D eigenvalue weighted by atomic mass is 10.1. The number of thioether (sulfide) groups is 1. The van der Waals surface area contributed by atoms with Crippen molar-refractivity contribution < 1.29 is 0 Å². The zero-order valence-corrected chi connectivity index (χ0v) is 11.7. The van der Waals surface area contributed by atoms with Crippen molar-refractivity contribution in [3.63, 3.8) is 0 Å². The molecule has 17 heavy (non-hydrogen) atoms. The average Bonchev–Trinajstić information content (AvgIpc) is 2.84. The van der Waals surface area contributed by atoms with E-state index in [9.17, 15) is 0 Å². The summed E-state index contributed by atoms with van der Waals surface area (Å²) in [7, 11) is 0. The Bertz CT molecular complexity index is 337. The quantitative estimate of drug-likeness (QED) is 0.741. The molecule has 0 radical (unpaired) electrons. The second kappa shape index (κ2) is 6.41. The third-order valence-electron chi connectivity index (χ3n) is 3.52. The predicted molar refractivity (Wildman–Crippen MR) is 74.5 cm³/mol. The molecule has 1 saturated heterocycles. The Labute approximate surface area is 109 Å². The van der Waals surface area contributed by atoms with Crippen LogP contribution >= 0.6 is 11.8 Å². The number of nitrogens with zero attached hydrogens (tertiary/aromatic N) is 2. The van der Waals surface area contributed by atoms with E-state index < -0.39 is 0 Å². The molecule has 0 amide bonds. The zero-order chi connectivity index (χ0) is 12.1. The smallest absolute Gasteiger partial charge is 0.0957 e. The molecule has 0 aromatic carbocycles. The highest BCUT2D eigenvalue weighted by molar-refractivity contribution is 7.98. The Kier molecular flexibility index (Phi) is 4.86. The first-order valence-electron chi connectivity index (χ1n) is 6.59. The lowest BCUT2D eigenvalue weighted by molar-refractivity contribution is 0.253. The van der Waals surface area contributed by atoms with E-state index in [-0.39, 0.29) is 0 Å². The maximum absolute atomic E-state index is 4.49. The molecule has 0 bridgehead atoms. The summed E-state index contributed by atoms with van der Waals surface area (Å²) in [6.45, 7) is 4.76. The van der Waals surface area contributed by atoms with Crippen LogP contribution in [0.5, 0.6) is 0 Å². The van der Waals surface area contributed by atoms with Gasteiger partial charge < -0.3 is 0 Å². The van der Waals surface area contributed by atoms with Gasteiger partial charge in [0.15, 0.2) is 0 Å². The molecule has 0 aliphatic carbocycles. The van der Waals surface area contributed by atoms with E-state index in [1.54, 1.807) is 11.8 Å². The summed E-state index contributed by atoms with van der Waals surface area (Å²) in [6, 6.07) is 5.02. The van der Waals surface area contributed by atoms with Crippen LogP contribution in [-0.4, -0.2) is 29.2 Å². The van der Waals surface area contributed by atoms with Crippen LogP contribution in [0.2, 0.25) is 0 Å². The lowest BCUT2D eigenvalue weighted by Crippen LogP contribution is -2.24. The van der Waals surface area contributed by atoms with Gasteiger partial charge in [0, 0.05) is 12.2 Å². The van der Waals surface area contributed by atoms with Gasteiger partial charge in [-0.3, -0.25) is 4.90 Å². The van der Waals surface area contributed by atoms with Crippen LogP contribution in [0, 0.1) is 0 Å². The van der Waals surface area contributed by atoms with Crippen molar-refractivity contribution in [1.82, 2.24) is 9.88 Å². The molecule has 3 heteroatoms. The first-order chi connectivity index (χ1) is 8.35. The van der Waals surface area contributed by atoms with Crippen molar-refractivity contribution in [3.8, 4) is 0 Å². The fraction of sp³-hybridized carbons (Fsp3) is 0.643. The zero-order valence-electron chi connectivity index (χ0n) is 10.9. The van der Waals surface area contributed by atoms with Gasteiger partial charge in [-0.15, -0.1) is 11.8 Å². The van der Waals surface area contributed by atoms with E-state index in [1.165, 1.54) is 44.3 Å². The largest absolute Gasteiger partial charge is 0.296 e. The number of pyridine rings is 1. The van der Waals surface area contributed by atoms with Crippen molar-refractivity contribution in [1.29, 1.82) is 0 Å². The van der Waals surface area contributed by atoms with Crippen LogP contribution in [0.3, 0.4) is 0 Å². The molecule has 2 rings (SSSR count). The molecular formula is C14H22N2S. The summed E-state index contributed by atoms with van der Waals surface area (Å²) >= 11 is 1.71. The van der Waals surface area contributed by atoms with Gasteiger partial charge in [0.05, 0.1) is 5.03 Å². The molecule has 1 unspecified atom stereocenters. The molecule has 2 nitrogen and oxygen atoms in total. The highest BCUT2D eigenvalue weighted by atomic mass is 32.2. The van der Waals surface area contributed by atoms with Gasteiger partial charge >= 0.3 is 0 Å². The molecule has 0 saturated carbocycles. The summed E-state index contributed by atoms with van der Waals surface area (Å²) in [6.07, 6.45) is 9.37. The number of hydrogen-bond acceptors (Lipinski definition) is 3. The lowest BCUT2D eigenvalue weighted by Gasteiger charge is -2.24. The second-order valence-electron chi connectivity index (χ2n) is 4.68. The molecule has 2 heterocycles. The number of aromatic nitrogens is 1. The molecule has 1 aromatic heterocycles. The van der Waals surface area contributed by atoms with E-state index in [0.717, 1.165) is 5.03 Å². The number of likely N-dealkylation sites (tertiary alicyclic amines) is 1.